The quantitative estimate of drug-likeness (QED) is 0.626. The molecular formula is C16H12O2. The van der Waals surface area contributed by atoms with Crippen LogP contribution in [0.5, 0.6) is 0 Å². The molecule has 0 saturated carbocycles. The van der Waals surface area contributed by atoms with Gasteiger partial charge in [-0.05, 0) is 38.4 Å². The van der Waals surface area contributed by atoms with Crippen LogP contribution in [0.4, 0.5) is 0 Å². The van der Waals surface area contributed by atoms with Gasteiger partial charge in [-0.3, -0.25) is 0 Å². The number of aliphatic hydroxyl groups is 2. The molecule has 2 nitrogen and oxygen atoms in total. The van der Waals surface area contributed by atoms with E-state index in [1.807, 2.05) is 24.3 Å². The zero-order chi connectivity index (χ0) is 12.3. The molecule has 2 heteroatoms. The van der Waals surface area contributed by atoms with E-state index in [2.05, 4.69) is 18.2 Å². The first-order valence-electron chi connectivity index (χ1n) is 6.08. The normalized spacial score (nSPS) is 22.3. The largest absolute Gasteiger partial charge is 0.386 e. The maximum Gasteiger partial charge on any atom is 0.109 e. The van der Waals surface area contributed by atoms with Crippen LogP contribution in [-0.4, -0.2) is 16.3 Å². The molecule has 18 heavy (non-hydrogen) atoms. The summed E-state index contributed by atoms with van der Waals surface area (Å²) in [5.74, 6) is 0. The Labute approximate surface area is 104 Å². The number of hydrogen-bond donors (Lipinski definition) is 2. The van der Waals surface area contributed by atoms with Crippen LogP contribution < -0.4 is 5.22 Å². The number of aliphatic hydroxyl groups excluding tert-OH is 2. The molecule has 88 valence electrons. The summed E-state index contributed by atoms with van der Waals surface area (Å²) in [4.78, 5) is 0. The van der Waals surface area contributed by atoms with Crippen molar-refractivity contribution in [1.29, 1.82) is 0 Å². The smallest absolute Gasteiger partial charge is 0.109 e. The summed E-state index contributed by atoms with van der Waals surface area (Å²) in [6, 6.07) is 14.2. The van der Waals surface area contributed by atoms with Crippen molar-refractivity contribution in [3.63, 3.8) is 0 Å². The fourth-order valence-corrected chi connectivity index (χ4v) is 2.98. The van der Waals surface area contributed by atoms with E-state index in [4.69, 9.17) is 0 Å². The molecule has 4 rings (SSSR count). The van der Waals surface area contributed by atoms with Gasteiger partial charge in [0.25, 0.3) is 0 Å². The van der Waals surface area contributed by atoms with Gasteiger partial charge in [-0.1, -0.05) is 42.5 Å². The van der Waals surface area contributed by atoms with E-state index < -0.39 is 12.2 Å². The molecule has 1 aliphatic rings. The molecule has 0 fully saturated rings. The first-order valence-corrected chi connectivity index (χ1v) is 6.08. The van der Waals surface area contributed by atoms with Crippen molar-refractivity contribution in [2.24, 2.45) is 0 Å². The Morgan fingerprint density at radius 2 is 1.50 bits per heavy atom. The maximum atomic E-state index is 10.1. The van der Waals surface area contributed by atoms with Crippen molar-refractivity contribution in [2.75, 3.05) is 0 Å². The Hall–Kier alpha value is -1.90. The molecule has 3 aromatic carbocycles. The van der Waals surface area contributed by atoms with Crippen LogP contribution in [0.1, 0.15) is 11.7 Å². The average Bonchev–Trinajstić information content (AvgIpc) is 2.40. The molecule has 0 heterocycles. The Balaban J connectivity index is 2.35. The minimum Gasteiger partial charge on any atom is -0.386 e. The van der Waals surface area contributed by atoms with Crippen molar-refractivity contribution in [3.05, 3.63) is 53.2 Å². The van der Waals surface area contributed by atoms with E-state index >= 15 is 0 Å². The van der Waals surface area contributed by atoms with Gasteiger partial charge < -0.3 is 10.2 Å². The summed E-state index contributed by atoms with van der Waals surface area (Å²) in [7, 11) is 0. The Kier molecular flexibility index (Phi) is 1.85. The van der Waals surface area contributed by atoms with E-state index in [-0.39, 0.29) is 0 Å². The lowest BCUT2D eigenvalue weighted by Crippen LogP contribution is -2.25. The summed E-state index contributed by atoms with van der Waals surface area (Å²) in [6.45, 7) is 0. The summed E-state index contributed by atoms with van der Waals surface area (Å²) in [5.41, 5.74) is 0.823. The lowest BCUT2D eigenvalue weighted by molar-refractivity contribution is 0.0572. The van der Waals surface area contributed by atoms with Gasteiger partial charge >= 0.3 is 0 Å². The molecule has 0 spiro atoms. The van der Waals surface area contributed by atoms with Gasteiger partial charge in [0.2, 0.25) is 0 Å². The van der Waals surface area contributed by atoms with Crippen LogP contribution in [0.3, 0.4) is 0 Å². The highest BCUT2D eigenvalue weighted by Gasteiger charge is 2.23. The summed E-state index contributed by atoms with van der Waals surface area (Å²) in [5, 5.41) is 25.6. The molecule has 0 unspecified atom stereocenters. The molecule has 2 N–H and O–H groups in total. The monoisotopic (exact) mass is 236 g/mol. The van der Waals surface area contributed by atoms with Gasteiger partial charge in [-0.15, -0.1) is 0 Å². The highest BCUT2D eigenvalue weighted by atomic mass is 16.3. The van der Waals surface area contributed by atoms with Crippen LogP contribution in [0.2, 0.25) is 0 Å². The Morgan fingerprint density at radius 1 is 0.778 bits per heavy atom. The zero-order valence-corrected chi connectivity index (χ0v) is 9.67. The molecule has 0 bridgehead atoms. The molecule has 0 aliphatic heterocycles. The first kappa shape index (κ1) is 10.1. The lowest BCUT2D eigenvalue weighted by atomic mass is 9.87. The highest BCUT2D eigenvalue weighted by molar-refractivity contribution is 6.11. The third-order valence-electron chi connectivity index (χ3n) is 3.83. The van der Waals surface area contributed by atoms with Gasteiger partial charge in [-0.25, -0.2) is 0 Å². The molecule has 3 aromatic rings. The van der Waals surface area contributed by atoms with E-state index in [0.29, 0.717) is 0 Å². The minimum absolute atomic E-state index is 0.820. The molecule has 1 aliphatic carbocycles. The standard InChI is InChI=1S/C16H12O2/c17-13-8-11-5-4-9-2-1-3-10-6-7-12(16(13)18)15(11)14(9)10/h1-8,13,16-18H/t13-,16+/m0/s1. The highest BCUT2D eigenvalue weighted by Crippen LogP contribution is 2.33. The number of rotatable bonds is 0. The Morgan fingerprint density at radius 3 is 2.28 bits per heavy atom. The zero-order valence-electron chi connectivity index (χ0n) is 9.67. The van der Waals surface area contributed by atoms with Crippen molar-refractivity contribution in [1.82, 2.24) is 0 Å². The second-order valence-corrected chi connectivity index (χ2v) is 4.87. The lowest BCUT2D eigenvalue weighted by Gasteiger charge is -2.23. The predicted molar refractivity (Wildman–Crippen MR) is 72.1 cm³/mol. The molecule has 0 saturated heterocycles. The third-order valence-corrected chi connectivity index (χ3v) is 3.83. The summed E-state index contributed by atoms with van der Waals surface area (Å²) in [6.07, 6.45) is 0.0892. The van der Waals surface area contributed by atoms with Gasteiger partial charge in [0.05, 0.1) is 0 Å². The predicted octanol–water partition coefficient (Wildman–Crippen LogP) is 1.90. The number of benzene rings is 3. The van der Waals surface area contributed by atoms with Crippen molar-refractivity contribution >= 4 is 27.6 Å². The SMILES string of the molecule is O[C@@H]1c2ccc3cccc4ccc(c2c34)=C[C@@H]1O. The van der Waals surface area contributed by atoms with Gasteiger partial charge in [0.15, 0.2) is 0 Å². The van der Waals surface area contributed by atoms with Crippen LogP contribution in [0.25, 0.3) is 27.6 Å². The average molecular weight is 236 g/mol. The molecular weight excluding hydrogens is 224 g/mol. The second-order valence-electron chi connectivity index (χ2n) is 4.87. The van der Waals surface area contributed by atoms with Crippen LogP contribution in [-0.2, 0) is 0 Å². The molecule has 0 amide bonds. The van der Waals surface area contributed by atoms with Crippen molar-refractivity contribution in [2.45, 2.75) is 12.2 Å². The minimum atomic E-state index is -0.826. The topological polar surface area (TPSA) is 40.5 Å². The van der Waals surface area contributed by atoms with E-state index in [1.165, 1.54) is 16.2 Å². The third kappa shape index (κ3) is 1.14. The van der Waals surface area contributed by atoms with E-state index in [0.717, 1.165) is 16.2 Å². The van der Waals surface area contributed by atoms with Crippen LogP contribution >= 0.6 is 0 Å². The Bertz CT molecular complexity index is 804. The maximum absolute atomic E-state index is 10.1. The molecule has 2 atom stereocenters. The second kappa shape index (κ2) is 3.31. The fourth-order valence-electron chi connectivity index (χ4n) is 2.98. The molecule has 0 radical (unpaired) electrons. The van der Waals surface area contributed by atoms with E-state index in [9.17, 15) is 10.2 Å². The van der Waals surface area contributed by atoms with Crippen LogP contribution in [0.15, 0.2) is 42.5 Å². The fraction of sp³-hybridized carbons (Fsp3) is 0.125. The van der Waals surface area contributed by atoms with Gasteiger partial charge in [0, 0.05) is 0 Å². The van der Waals surface area contributed by atoms with Gasteiger partial charge in [-0.2, -0.15) is 0 Å². The van der Waals surface area contributed by atoms with Crippen LogP contribution in [0, 0.1) is 0 Å². The number of hydrogen-bond acceptors (Lipinski definition) is 2. The van der Waals surface area contributed by atoms with Crippen molar-refractivity contribution in [3.8, 4) is 0 Å². The van der Waals surface area contributed by atoms with E-state index in [1.54, 1.807) is 6.08 Å². The summed E-state index contributed by atoms with van der Waals surface area (Å²) >= 11 is 0. The molecule has 0 aromatic heterocycles. The van der Waals surface area contributed by atoms with Gasteiger partial charge in [0.1, 0.15) is 12.2 Å². The first-order chi connectivity index (χ1) is 8.75. The summed E-state index contributed by atoms with van der Waals surface area (Å²) < 4.78 is 0. The van der Waals surface area contributed by atoms with Crippen molar-refractivity contribution < 1.29 is 10.2 Å².